The molecule has 162 valence electrons. The molecule has 0 saturated carbocycles. The van der Waals surface area contributed by atoms with E-state index in [9.17, 15) is 9.59 Å². The number of anilines is 3. The maximum atomic E-state index is 12.6. The average Bonchev–Trinajstić information content (AvgIpc) is 3.37. The van der Waals surface area contributed by atoms with Crippen molar-refractivity contribution in [3.05, 3.63) is 59.9 Å². The lowest BCUT2D eigenvalue weighted by Gasteiger charge is -2.22. The number of nitrogens with one attached hydrogen (secondary N) is 2. The number of carbonyl (C=O) groups excluding carboxylic acids is 2. The number of H-pyrrole nitrogens is 1. The smallest absolute Gasteiger partial charge is 0.216 e. The van der Waals surface area contributed by atoms with Crippen molar-refractivity contribution in [1.82, 2.24) is 24.8 Å². The molecular weight excluding hydrogens is 406 g/mol. The quantitative estimate of drug-likeness (QED) is 0.250. The number of rotatable bonds is 8. The molecule has 9 nitrogen and oxygen atoms in total. The highest BCUT2D eigenvalue weighted by molar-refractivity contribution is 6.12. The van der Waals surface area contributed by atoms with Crippen molar-refractivity contribution < 1.29 is 9.59 Å². The van der Waals surface area contributed by atoms with Crippen LogP contribution in [0.25, 0.3) is 17.2 Å². The van der Waals surface area contributed by atoms with Gasteiger partial charge in [0.1, 0.15) is 23.0 Å². The van der Waals surface area contributed by atoms with Crippen LogP contribution in [-0.2, 0) is 4.79 Å². The predicted molar refractivity (Wildman–Crippen MR) is 123 cm³/mol. The van der Waals surface area contributed by atoms with E-state index in [1.807, 2.05) is 25.1 Å². The summed E-state index contributed by atoms with van der Waals surface area (Å²) >= 11 is 0. The van der Waals surface area contributed by atoms with Crippen LogP contribution in [0.15, 0.2) is 48.7 Å². The molecule has 0 aliphatic carbocycles. The number of carbonyl (C=O) groups is 1. The first-order valence-corrected chi connectivity index (χ1v) is 10.3. The summed E-state index contributed by atoms with van der Waals surface area (Å²) < 4.78 is 1.58. The molecule has 0 saturated heterocycles. The van der Waals surface area contributed by atoms with Gasteiger partial charge < -0.3 is 10.2 Å². The minimum atomic E-state index is -0.516. The highest BCUT2D eigenvalue weighted by atomic mass is 16.1. The largest absolute Gasteiger partial charge is 0.372 e. The lowest BCUT2D eigenvalue weighted by atomic mass is 10.1. The van der Waals surface area contributed by atoms with E-state index in [2.05, 4.69) is 50.4 Å². The highest BCUT2D eigenvalue weighted by Gasteiger charge is 2.23. The van der Waals surface area contributed by atoms with E-state index in [1.54, 1.807) is 28.8 Å². The maximum absolute atomic E-state index is 12.6. The molecule has 2 N–H and O–H groups in total. The number of nitrogens with zero attached hydrogens (tertiary/aromatic N) is 5. The Hall–Kier alpha value is -4.23. The third-order valence-corrected chi connectivity index (χ3v) is 5.29. The van der Waals surface area contributed by atoms with E-state index in [0.29, 0.717) is 22.9 Å². The zero-order valence-electron chi connectivity index (χ0n) is 18.1. The van der Waals surface area contributed by atoms with E-state index in [-0.39, 0.29) is 5.69 Å². The van der Waals surface area contributed by atoms with Gasteiger partial charge in [-0.25, -0.2) is 9.31 Å². The minimum Gasteiger partial charge on any atom is -0.372 e. The number of aryl methyl sites for hydroxylation is 1. The molecule has 3 aromatic heterocycles. The lowest BCUT2D eigenvalue weighted by Crippen LogP contribution is -2.21. The van der Waals surface area contributed by atoms with Crippen LogP contribution in [0.4, 0.5) is 17.1 Å². The summed E-state index contributed by atoms with van der Waals surface area (Å²) in [6.45, 7) is 8.05. The van der Waals surface area contributed by atoms with Crippen molar-refractivity contribution in [2.24, 2.45) is 0 Å². The van der Waals surface area contributed by atoms with Crippen molar-refractivity contribution in [3.8, 4) is 11.5 Å². The number of hydrogen-bond donors (Lipinski definition) is 2. The second-order valence-electron chi connectivity index (χ2n) is 7.18. The Kier molecular flexibility index (Phi) is 5.83. The van der Waals surface area contributed by atoms with Crippen LogP contribution in [-0.4, -0.2) is 49.6 Å². The molecular formula is C23H23N7O2. The number of aromatic nitrogens is 5. The van der Waals surface area contributed by atoms with Gasteiger partial charge in [-0.1, -0.05) is 6.07 Å². The van der Waals surface area contributed by atoms with Crippen molar-refractivity contribution in [2.75, 3.05) is 23.3 Å². The third-order valence-electron chi connectivity index (χ3n) is 5.29. The normalized spacial score (nSPS) is 10.7. The molecule has 0 aliphatic heterocycles. The maximum Gasteiger partial charge on any atom is 0.216 e. The van der Waals surface area contributed by atoms with E-state index in [1.165, 1.54) is 0 Å². The van der Waals surface area contributed by atoms with E-state index in [0.717, 1.165) is 36.1 Å². The number of fused-ring (bicyclic) bond motifs is 1. The molecule has 4 aromatic rings. The van der Waals surface area contributed by atoms with Crippen LogP contribution in [0.2, 0.25) is 0 Å². The fourth-order valence-corrected chi connectivity index (χ4v) is 3.62. The third kappa shape index (κ3) is 3.77. The Bertz CT molecular complexity index is 1310. The number of allylic oxidation sites excluding steroid dienone is 1. The topological polar surface area (TPSA) is 108 Å². The Morgan fingerprint density at radius 2 is 2.03 bits per heavy atom. The molecule has 0 atom stereocenters. The number of hydrogen-bond acceptors (Lipinski definition) is 7. The fraction of sp³-hybridized carbons (Fsp3) is 0.217. The second-order valence-corrected chi connectivity index (χ2v) is 7.18. The van der Waals surface area contributed by atoms with Gasteiger partial charge in [-0.3, -0.25) is 14.9 Å². The standard InChI is InChI=1S/C23H23N7O2/c1-4-29(5-2)16-9-10-17(15(3)14-16)25-21-20(19(32)11-13-31)28-30-22(26-27-23(21)30)18-8-6-7-12-24-18/h6-12,14,25,28H,4-5H2,1-3H3. The monoisotopic (exact) mass is 429 g/mol. The Labute approximate surface area is 184 Å². The van der Waals surface area contributed by atoms with Crippen molar-refractivity contribution in [2.45, 2.75) is 20.8 Å². The van der Waals surface area contributed by atoms with Crippen LogP contribution in [0.5, 0.6) is 0 Å². The van der Waals surface area contributed by atoms with Crippen LogP contribution < -0.4 is 10.2 Å². The van der Waals surface area contributed by atoms with Gasteiger partial charge in [0.15, 0.2) is 0 Å². The average molecular weight is 429 g/mol. The van der Waals surface area contributed by atoms with Crippen molar-refractivity contribution in [1.29, 1.82) is 0 Å². The molecule has 0 amide bonds. The molecule has 0 radical (unpaired) electrons. The summed E-state index contributed by atoms with van der Waals surface area (Å²) in [5.74, 6) is 1.48. The van der Waals surface area contributed by atoms with Gasteiger partial charge in [0.2, 0.25) is 17.3 Å². The van der Waals surface area contributed by atoms with E-state index in [4.69, 9.17) is 0 Å². The predicted octanol–water partition coefficient (Wildman–Crippen LogP) is 3.59. The fourth-order valence-electron chi connectivity index (χ4n) is 3.62. The SMILES string of the molecule is CCN(CC)c1ccc(Nc2c(C(=O)C=C=O)[nH]n3c(-c4ccccn4)nnc23)c(C)c1. The van der Waals surface area contributed by atoms with Gasteiger partial charge in [0, 0.05) is 30.7 Å². The number of ketones is 1. The molecule has 9 heteroatoms. The first-order chi connectivity index (χ1) is 15.6. The summed E-state index contributed by atoms with van der Waals surface area (Å²) in [4.78, 5) is 30.0. The Balaban J connectivity index is 1.81. The number of benzene rings is 1. The van der Waals surface area contributed by atoms with Gasteiger partial charge in [0.25, 0.3) is 0 Å². The van der Waals surface area contributed by atoms with Crippen molar-refractivity contribution >= 4 is 34.4 Å². The molecule has 32 heavy (non-hydrogen) atoms. The van der Waals surface area contributed by atoms with E-state index < -0.39 is 5.78 Å². The van der Waals surface area contributed by atoms with Gasteiger partial charge >= 0.3 is 0 Å². The van der Waals surface area contributed by atoms with Crippen LogP contribution >= 0.6 is 0 Å². The first-order valence-electron chi connectivity index (χ1n) is 10.3. The van der Waals surface area contributed by atoms with Gasteiger partial charge in [-0.05, 0) is 56.7 Å². The second kappa shape index (κ2) is 8.87. The summed E-state index contributed by atoms with van der Waals surface area (Å²) in [6, 6.07) is 11.5. The van der Waals surface area contributed by atoms with Gasteiger partial charge in [-0.15, -0.1) is 10.2 Å². The molecule has 0 aliphatic rings. The molecule has 0 spiro atoms. The van der Waals surface area contributed by atoms with Gasteiger partial charge in [0.05, 0.1) is 6.08 Å². The van der Waals surface area contributed by atoms with Crippen LogP contribution in [0.3, 0.4) is 0 Å². The first kappa shape index (κ1) is 21.0. The minimum absolute atomic E-state index is 0.183. The van der Waals surface area contributed by atoms with E-state index >= 15 is 0 Å². The summed E-state index contributed by atoms with van der Waals surface area (Å²) in [6.07, 6.45) is 2.50. The Morgan fingerprint density at radius 1 is 1.22 bits per heavy atom. The Morgan fingerprint density at radius 3 is 2.69 bits per heavy atom. The zero-order chi connectivity index (χ0) is 22.7. The molecule has 0 unspecified atom stereocenters. The van der Waals surface area contributed by atoms with Crippen molar-refractivity contribution in [3.63, 3.8) is 0 Å². The molecule has 0 bridgehead atoms. The molecule has 4 rings (SSSR count). The molecule has 0 fully saturated rings. The summed E-state index contributed by atoms with van der Waals surface area (Å²) in [7, 11) is 0. The molecule has 3 heterocycles. The lowest BCUT2D eigenvalue weighted by molar-refractivity contribution is 0.104. The number of pyridine rings is 1. The summed E-state index contributed by atoms with van der Waals surface area (Å²) in [5.41, 5.74) is 4.56. The molecule has 1 aromatic carbocycles. The van der Waals surface area contributed by atoms with Crippen LogP contribution in [0, 0.1) is 6.92 Å². The summed E-state index contributed by atoms with van der Waals surface area (Å²) in [5, 5.41) is 14.8. The van der Waals surface area contributed by atoms with Crippen LogP contribution in [0.1, 0.15) is 29.9 Å². The highest BCUT2D eigenvalue weighted by Crippen LogP contribution is 2.31. The number of aromatic amines is 1. The van der Waals surface area contributed by atoms with Gasteiger partial charge in [-0.2, -0.15) is 0 Å². The zero-order valence-corrected chi connectivity index (χ0v) is 18.1.